The van der Waals surface area contributed by atoms with Crippen LogP contribution in [0.4, 0.5) is 17.1 Å². The summed E-state index contributed by atoms with van der Waals surface area (Å²) in [5.74, 6) is -0.312. The van der Waals surface area contributed by atoms with Gasteiger partial charge >= 0.3 is 0 Å². The molecule has 0 aromatic heterocycles. The van der Waals surface area contributed by atoms with Gasteiger partial charge in [-0.15, -0.1) is 0 Å². The second kappa shape index (κ2) is 19.3. The zero-order chi connectivity index (χ0) is 46.8. The average Bonchev–Trinajstić information content (AvgIpc) is 3.86. The van der Waals surface area contributed by atoms with E-state index >= 15 is 0 Å². The normalized spacial score (nSPS) is 18.4. The number of hydrogen-bond acceptors (Lipinski definition) is 12. The van der Waals surface area contributed by atoms with Crippen LogP contribution >= 0.6 is 0 Å². The van der Waals surface area contributed by atoms with Crippen molar-refractivity contribution in [1.29, 1.82) is 0 Å². The SMILES string of the molecule is COc1cc2c(cc1OCCCOc1cc3c(cc1OC)C(=O)N1C=C(c4ccc(N)cc4)CC1C(=O)N3COCC[Si](C)(C)C)N(COCC[Si](C)(C)C)C(=O)C1CC(O)=CN1C2=O. The number of aliphatic hydroxyl groups is 1. The lowest BCUT2D eigenvalue weighted by Crippen LogP contribution is -2.45. The van der Waals surface area contributed by atoms with Gasteiger partial charge in [-0.05, 0) is 47.5 Å². The van der Waals surface area contributed by atoms with E-state index in [1.54, 1.807) is 42.6 Å². The van der Waals surface area contributed by atoms with Crippen LogP contribution in [0.1, 0.15) is 45.5 Å². The number of carbonyl (C=O) groups excluding carboxylic acids is 4. The molecule has 0 fully saturated rings. The van der Waals surface area contributed by atoms with Crippen molar-refractivity contribution in [3.8, 4) is 23.0 Å². The zero-order valence-corrected chi connectivity index (χ0v) is 40.6. The van der Waals surface area contributed by atoms with E-state index < -0.39 is 34.1 Å². The van der Waals surface area contributed by atoms with Crippen LogP contribution < -0.4 is 34.5 Å². The molecular formula is C47H61N5O11Si2. The Morgan fingerprint density at radius 1 is 0.631 bits per heavy atom. The molecular weight excluding hydrogens is 867 g/mol. The van der Waals surface area contributed by atoms with Crippen molar-refractivity contribution in [1.82, 2.24) is 9.80 Å². The van der Waals surface area contributed by atoms with E-state index in [1.165, 1.54) is 40.0 Å². The lowest BCUT2D eigenvalue weighted by molar-refractivity contribution is -0.123. The van der Waals surface area contributed by atoms with Crippen molar-refractivity contribution in [3.05, 3.63) is 83.4 Å². The first-order chi connectivity index (χ1) is 30.9. The third kappa shape index (κ3) is 10.5. The number of amides is 4. The van der Waals surface area contributed by atoms with Crippen LogP contribution in [0.2, 0.25) is 51.4 Å². The van der Waals surface area contributed by atoms with Crippen molar-refractivity contribution in [3.63, 3.8) is 0 Å². The lowest BCUT2D eigenvalue weighted by atomic mass is 10.0. The number of ether oxygens (including phenoxy) is 6. The number of aliphatic hydroxyl groups excluding tert-OH is 1. The van der Waals surface area contributed by atoms with Gasteiger partial charge in [0.05, 0.1) is 49.9 Å². The summed E-state index contributed by atoms with van der Waals surface area (Å²) in [6.07, 6.45) is 3.74. The molecule has 4 amide bonds. The molecule has 0 saturated heterocycles. The van der Waals surface area contributed by atoms with Gasteiger partial charge in [-0.1, -0.05) is 51.4 Å². The van der Waals surface area contributed by atoms with Crippen molar-refractivity contribution >= 4 is 62.4 Å². The maximum Gasteiger partial charge on any atom is 0.260 e. The number of nitrogen functional groups attached to an aromatic ring is 1. The minimum atomic E-state index is -1.44. The van der Waals surface area contributed by atoms with Crippen molar-refractivity contribution < 1.29 is 52.7 Å². The predicted molar refractivity (Wildman–Crippen MR) is 253 cm³/mol. The standard InChI is InChI=1S/C47H61N5O11Si2/c1-58-40-22-34-36(51(28-60-16-18-64(3,4)5)46(56)38-20-31(26-49(38)44(34)54)30-10-12-32(48)13-11-30)24-42(40)62-14-9-15-63-43-25-37-35(23-41(43)59-2)45(55)50-27-33(53)21-39(50)47(57)52(37)29-61-17-19-65(6,7)8/h10-13,22-27,38-39,53H,9,14-21,28-29,48H2,1-8H3. The Bertz CT molecular complexity index is 2380. The molecule has 3 N–H and O–H groups in total. The molecule has 65 heavy (non-hydrogen) atoms. The van der Waals surface area contributed by atoms with E-state index in [1.807, 2.05) is 12.1 Å². The third-order valence-electron chi connectivity index (χ3n) is 11.8. The lowest BCUT2D eigenvalue weighted by Gasteiger charge is -2.27. The summed E-state index contributed by atoms with van der Waals surface area (Å²) in [7, 11) is 0.0882. The van der Waals surface area contributed by atoms with E-state index in [4.69, 9.17) is 34.2 Å². The number of nitrogens with two attached hydrogens (primary N) is 1. The van der Waals surface area contributed by atoms with Crippen molar-refractivity contribution in [2.45, 2.75) is 82.7 Å². The van der Waals surface area contributed by atoms with Gasteiger partial charge in [0.15, 0.2) is 23.0 Å². The molecule has 4 aliphatic rings. The molecule has 0 spiro atoms. The summed E-state index contributed by atoms with van der Waals surface area (Å²) in [5, 5.41) is 10.3. The van der Waals surface area contributed by atoms with Crippen molar-refractivity contribution in [2.24, 2.45) is 0 Å². The minimum Gasteiger partial charge on any atom is -0.511 e. The molecule has 7 rings (SSSR count). The van der Waals surface area contributed by atoms with Crippen LogP contribution in [0, 0.1) is 0 Å². The number of hydrogen-bond donors (Lipinski definition) is 2. The number of benzene rings is 3. The summed E-state index contributed by atoms with van der Waals surface area (Å²) in [6, 6.07) is 13.9. The second-order valence-electron chi connectivity index (χ2n) is 19.1. The highest BCUT2D eigenvalue weighted by Crippen LogP contribution is 2.43. The maximum atomic E-state index is 14.5. The second-order valence-corrected chi connectivity index (χ2v) is 30.3. The van der Waals surface area contributed by atoms with Gasteiger partial charge < -0.3 is 44.2 Å². The Hall–Kier alpha value is -5.83. The molecule has 4 aliphatic heterocycles. The smallest absolute Gasteiger partial charge is 0.260 e. The van der Waals surface area contributed by atoms with Gasteiger partial charge in [0.1, 0.15) is 31.3 Å². The molecule has 3 aromatic carbocycles. The summed E-state index contributed by atoms with van der Waals surface area (Å²) in [6.45, 7) is 14.6. The molecule has 16 nitrogen and oxygen atoms in total. The molecule has 2 unspecified atom stereocenters. The first-order valence-electron chi connectivity index (χ1n) is 22.0. The fraction of sp³-hybridized carbons (Fsp3) is 0.447. The first-order valence-corrected chi connectivity index (χ1v) is 29.4. The highest BCUT2D eigenvalue weighted by Gasteiger charge is 2.45. The number of anilines is 3. The fourth-order valence-corrected chi connectivity index (χ4v) is 9.50. The van der Waals surface area contributed by atoms with E-state index in [0.29, 0.717) is 60.4 Å². The molecule has 3 aromatic rings. The minimum absolute atomic E-state index is 0.000933. The van der Waals surface area contributed by atoms with Crippen LogP contribution in [0.5, 0.6) is 23.0 Å². The van der Waals surface area contributed by atoms with Gasteiger partial charge in [0.2, 0.25) is 0 Å². The Kier molecular flexibility index (Phi) is 14.0. The number of nitrogens with zero attached hydrogens (tertiary/aromatic N) is 4. The van der Waals surface area contributed by atoms with E-state index in [-0.39, 0.29) is 73.5 Å². The average molecular weight is 928 g/mol. The first kappa shape index (κ1) is 47.1. The van der Waals surface area contributed by atoms with Crippen LogP contribution in [-0.2, 0) is 19.1 Å². The topological polar surface area (TPSA) is 183 Å². The summed E-state index contributed by atoms with van der Waals surface area (Å²) < 4.78 is 36.1. The zero-order valence-electron chi connectivity index (χ0n) is 38.6. The molecule has 18 heteroatoms. The van der Waals surface area contributed by atoms with Crippen molar-refractivity contribution in [2.75, 3.05) is 69.6 Å². The van der Waals surface area contributed by atoms with Gasteiger partial charge in [0, 0.05) is 78.8 Å². The number of carbonyl (C=O) groups is 4. The van der Waals surface area contributed by atoms with E-state index in [9.17, 15) is 24.3 Å². The van der Waals surface area contributed by atoms with Crippen LogP contribution in [0.25, 0.3) is 5.57 Å². The third-order valence-corrected chi connectivity index (χ3v) is 15.2. The highest BCUT2D eigenvalue weighted by atomic mass is 28.3. The summed E-state index contributed by atoms with van der Waals surface area (Å²) >= 11 is 0. The monoisotopic (exact) mass is 927 g/mol. The highest BCUT2D eigenvalue weighted by molar-refractivity contribution is 6.76. The molecule has 0 radical (unpaired) electrons. The molecule has 0 saturated carbocycles. The summed E-state index contributed by atoms with van der Waals surface area (Å²) in [5.41, 5.74) is 9.42. The molecule has 348 valence electrons. The van der Waals surface area contributed by atoms with E-state index in [0.717, 1.165) is 23.2 Å². The van der Waals surface area contributed by atoms with Gasteiger partial charge in [-0.2, -0.15) is 0 Å². The molecule has 2 atom stereocenters. The van der Waals surface area contributed by atoms with Gasteiger partial charge in [0.25, 0.3) is 23.6 Å². The Morgan fingerprint density at radius 2 is 1.09 bits per heavy atom. The summed E-state index contributed by atoms with van der Waals surface area (Å²) in [4.78, 5) is 62.4. The van der Waals surface area contributed by atoms with Crippen LogP contribution in [-0.4, -0.2) is 121 Å². The fourth-order valence-electron chi connectivity index (χ4n) is 7.98. The van der Waals surface area contributed by atoms with E-state index in [2.05, 4.69) is 39.3 Å². The maximum absolute atomic E-state index is 14.5. The van der Waals surface area contributed by atoms with Crippen LogP contribution in [0.3, 0.4) is 0 Å². The number of fused-ring (bicyclic) bond motifs is 4. The number of rotatable bonds is 19. The largest absolute Gasteiger partial charge is 0.511 e. The molecule has 4 heterocycles. The predicted octanol–water partition coefficient (Wildman–Crippen LogP) is 7.32. The Morgan fingerprint density at radius 3 is 1.55 bits per heavy atom. The Balaban J connectivity index is 1.10. The molecule has 0 bridgehead atoms. The van der Waals surface area contributed by atoms with Gasteiger partial charge in [-0.25, -0.2) is 0 Å². The number of methoxy groups -OCH3 is 2. The quantitative estimate of drug-likeness (QED) is 0.0695. The Labute approximate surface area is 382 Å². The molecule has 0 aliphatic carbocycles. The van der Waals surface area contributed by atoms with Crippen LogP contribution in [0.15, 0.2) is 66.7 Å². The van der Waals surface area contributed by atoms with Gasteiger partial charge in [-0.3, -0.25) is 33.9 Å².